The number of methoxy groups -OCH3 is 1. The summed E-state index contributed by atoms with van der Waals surface area (Å²) in [6.45, 7) is 4.01. The van der Waals surface area contributed by atoms with Crippen LogP contribution in [0.5, 0.6) is 5.75 Å². The lowest BCUT2D eigenvalue weighted by Crippen LogP contribution is -2.37. The van der Waals surface area contributed by atoms with E-state index < -0.39 is 5.97 Å². The lowest BCUT2D eigenvalue weighted by atomic mass is 10.2. The molecule has 1 rings (SSSR count). The van der Waals surface area contributed by atoms with E-state index in [1.54, 1.807) is 25.3 Å². The van der Waals surface area contributed by atoms with Gasteiger partial charge in [-0.15, -0.1) is 0 Å². The number of carboxylic acids is 1. The number of rotatable bonds is 7. The van der Waals surface area contributed by atoms with E-state index in [2.05, 4.69) is 0 Å². The molecular formula is C16H21NO4. The maximum atomic E-state index is 12.1. The Morgan fingerprint density at radius 3 is 2.38 bits per heavy atom. The van der Waals surface area contributed by atoms with E-state index in [1.165, 1.54) is 11.0 Å². The minimum Gasteiger partial charge on any atom is -0.497 e. The third kappa shape index (κ3) is 6.12. The van der Waals surface area contributed by atoms with Crippen LogP contribution in [0.3, 0.4) is 0 Å². The van der Waals surface area contributed by atoms with Crippen LogP contribution in [0.2, 0.25) is 0 Å². The molecule has 0 spiro atoms. The summed E-state index contributed by atoms with van der Waals surface area (Å²) in [7, 11) is 1.59. The minimum atomic E-state index is -1.01. The molecule has 0 bridgehead atoms. The smallest absolute Gasteiger partial charge is 0.323 e. The van der Waals surface area contributed by atoms with Gasteiger partial charge < -0.3 is 14.7 Å². The number of carbonyl (C=O) groups excluding carboxylic acids is 1. The molecule has 0 saturated heterocycles. The first-order valence-electron chi connectivity index (χ1n) is 6.75. The Bertz CT molecular complexity index is 506. The van der Waals surface area contributed by atoms with Gasteiger partial charge in [-0.25, -0.2) is 0 Å². The average Bonchev–Trinajstić information content (AvgIpc) is 2.43. The normalized spacial score (nSPS) is 10.9. The number of hydrogen-bond donors (Lipinski definition) is 1. The summed E-state index contributed by atoms with van der Waals surface area (Å²) < 4.78 is 5.06. The Kier molecular flexibility index (Phi) is 6.46. The van der Waals surface area contributed by atoms with Gasteiger partial charge in [-0.1, -0.05) is 26.0 Å². The Balaban J connectivity index is 2.74. The molecule has 5 heteroatoms. The van der Waals surface area contributed by atoms with Gasteiger partial charge in [-0.05, 0) is 29.7 Å². The Morgan fingerprint density at radius 1 is 1.29 bits per heavy atom. The molecule has 1 amide bonds. The fourth-order valence-electron chi connectivity index (χ4n) is 1.82. The van der Waals surface area contributed by atoms with Gasteiger partial charge in [0.1, 0.15) is 12.3 Å². The fraction of sp³-hybridized carbons (Fsp3) is 0.375. The predicted molar refractivity (Wildman–Crippen MR) is 81.1 cm³/mol. The number of ether oxygens (including phenoxy) is 1. The first kappa shape index (κ1) is 16.8. The molecule has 0 atom stereocenters. The largest absolute Gasteiger partial charge is 0.497 e. The van der Waals surface area contributed by atoms with Crippen LogP contribution in [0, 0.1) is 5.92 Å². The van der Waals surface area contributed by atoms with Gasteiger partial charge in [0, 0.05) is 12.6 Å². The highest BCUT2D eigenvalue weighted by atomic mass is 16.5. The van der Waals surface area contributed by atoms with Crippen LogP contribution in [0.1, 0.15) is 19.4 Å². The molecule has 0 heterocycles. The fourth-order valence-corrected chi connectivity index (χ4v) is 1.82. The Hall–Kier alpha value is -2.30. The summed E-state index contributed by atoms with van der Waals surface area (Å²) >= 11 is 0. The van der Waals surface area contributed by atoms with Gasteiger partial charge in [0.2, 0.25) is 5.91 Å². The maximum Gasteiger partial charge on any atom is 0.323 e. The summed E-state index contributed by atoms with van der Waals surface area (Å²) in [6.07, 6.45) is 3.06. The van der Waals surface area contributed by atoms with Gasteiger partial charge in [0.15, 0.2) is 0 Å². The number of nitrogens with zero attached hydrogens (tertiary/aromatic N) is 1. The van der Waals surface area contributed by atoms with Crippen LogP contribution >= 0.6 is 0 Å². The standard InChI is InChI=1S/C16H21NO4/c1-12(2)10-17(11-16(19)20)15(18)9-6-13-4-7-14(21-3)8-5-13/h4-9,12H,10-11H2,1-3H3,(H,19,20). The van der Waals surface area contributed by atoms with E-state index in [-0.39, 0.29) is 18.4 Å². The molecule has 0 aliphatic heterocycles. The average molecular weight is 291 g/mol. The molecule has 5 nitrogen and oxygen atoms in total. The van der Waals surface area contributed by atoms with Crippen LogP contribution in [0.15, 0.2) is 30.3 Å². The third-order valence-corrected chi connectivity index (χ3v) is 2.76. The summed E-state index contributed by atoms with van der Waals surface area (Å²) in [5, 5.41) is 8.86. The molecular weight excluding hydrogens is 270 g/mol. The Labute approximate surface area is 124 Å². The van der Waals surface area contributed by atoms with Crippen molar-refractivity contribution in [2.45, 2.75) is 13.8 Å². The summed E-state index contributed by atoms with van der Waals surface area (Å²) in [5.41, 5.74) is 0.851. The van der Waals surface area contributed by atoms with Crippen LogP contribution in [-0.2, 0) is 9.59 Å². The number of hydrogen-bond acceptors (Lipinski definition) is 3. The zero-order valence-electron chi connectivity index (χ0n) is 12.6. The topological polar surface area (TPSA) is 66.8 Å². The predicted octanol–water partition coefficient (Wildman–Crippen LogP) is 2.28. The summed E-state index contributed by atoms with van der Waals surface area (Å²) in [6, 6.07) is 7.25. The molecule has 0 radical (unpaired) electrons. The molecule has 0 aromatic heterocycles. The van der Waals surface area contributed by atoms with Gasteiger partial charge >= 0.3 is 5.97 Å². The van der Waals surface area contributed by atoms with Crippen LogP contribution in [-0.4, -0.2) is 42.1 Å². The van der Waals surface area contributed by atoms with Crippen molar-refractivity contribution >= 4 is 18.0 Å². The quantitative estimate of drug-likeness (QED) is 0.783. The molecule has 0 aliphatic carbocycles. The molecule has 21 heavy (non-hydrogen) atoms. The van der Waals surface area contributed by atoms with Crippen molar-refractivity contribution in [3.63, 3.8) is 0 Å². The van der Waals surface area contributed by atoms with Crippen molar-refractivity contribution in [2.24, 2.45) is 5.92 Å². The SMILES string of the molecule is COc1ccc(C=CC(=O)N(CC(=O)O)CC(C)C)cc1. The molecule has 0 aliphatic rings. The number of carboxylic acid groups (broad SMARTS) is 1. The van der Waals surface area contributed by atoms with Crippen molar-refractivity contribution in [2.75, 3.05) is 20.2 Å². The molecule has 1 N–H and O–H groups in total. The Morgan fingerprint density at radius 2 is 1.90 bits per heavy atom. The van der Waals surface area contributed by atoms with Crippen molar-refractivity contribution in [3.8, 4) is 5.75 Å². The minimum absolute atomic E-state index is 0.211. The van der Waals surface area contributed by atoms with Crippen molar-refractivity contribution in [3.05, 3.63) is 35.9 Å². The second-order valence-corrected chi connectivity index (χ2v) is 5.11. The van der Waals surface area contributed by atoms with Gasteiger partial charge in [-0.2, -0.15) is 0 Å². The zero-order valence-corrected chi connectivity index (χ0v) is 12.6. The monoisotopic (exact) mass is 291 g/mol. The highest BCUT2D eigenvalue weighted by Gasteiger charge is 2.15. The molecule has 0 fully saturated rings. The van der Waals surface area contributed by atoms with E-state index >= 15 is 0 Å². The van der Waals surface area contributed by atoms with E-state index in [0.29, 0.717) is 6.54 Å². The lowest BCUT2D eigenvalue weighted by Gasteiger charge is -2.21. The first-order valence-corrected chi connectivity index (χ1v) is 6.75. The highest BCUT2D eigenvalue weighted by molar-refractivity contribution is 5.93. The molecule has 0 unspecified atom stereocenters. The van der Waals surface area contributed by atoms with E-state index in [4.69, 9.17) is 9.84 Å². The van der Waals surface area contributed by atoms with Crippen molar-refractivity contribution in [1.29, 1.82) is 0 Å². The van der Waals surface area contributed by atoms with Gasteiger partial charge in [0.05, 0.1) is 7.11 Å². The maximum absolute atomic E-state index is 12.1. The van der Waals surface area contributed by atoms with E-state index in [0.717, 1.165) is 11.3 Å². The summed E-state index contributed by atoms with van der Waals surface area (Å²) in [4.78, 5) is 24.2. The van der Waals surface area contributed by atoms with Gasteiger partial charge in [0.25, 0.3) is 0 Å². The van der Waals surface area contributed by atoms with Crippen LogP contribution < -0.4 is 4.74 Å². The van der Waals surface area contributed by atoms with Crippen molar-refractivity contribution in [1.82, 2.24) is 4.90 Å². The molecule has 0 saturated carbocycles. The van der Waals surface area contributed by atoms with E-state index in [1.807, 2.05) is 26.0 Å². The zero-order chi connectivity index (χ0) is 15.8. The number of amides is 1. The van der Waals surface area contributed by atoms with Crippen LogP contribution in [0.25, 0.3) is 6.08 Å². The number of benzene rings is 1. The van der Waals surface area contributed by atoms with Crippen molar-refractivity contribution < 1.29 is 19.4 Å². The first-order chi connectivity index (χ1) is 9.92. The molecule has 1 aromatic rings. The van der Waals surface area contributed by atoms with Crippen LogP contribution in [0.4, 0.5) is 0 Å². The second kappa shape index (κ2) is 8.09. The van der Waals surface area contributed by atoms with E-state index in [9.17, 15) is 9.59 Å². The number of aliphatic carboxylic acids is 1. The molecule has 1 aromatic carbocycles. The van der Waals surface area contributed by atoms with Gasteiger partial charge in [-0.3, -0.25) is 9.59 Å². The number of carbonyl (C=O) groups is 2. The molecule has 114 valence electrons. The second-order valence-electron chi connectivity index (χ2n) is 5.11. The lowest BCUT2D eigenvalue weighted by molar-refractivity contribution is -0.143. The third-order valence-electron chi connectivity index (χ3n) is 2.76. The highest BCUT2D eigenvalue weighted by Crippen LogP contribution is 2.12. The summed E-state index contributed by atoms with van der Waals surface area (Å²) in [5.74, 6) is -0.364.